The van der Waals surface area contributed by atoms with Crippen LogP contribution in [0.5, 0.6) is 0 Å². The van der Waals surface area contributed by atoms with Crippen molar-refractivity contribution in [2.24, 2.45) is 0 Å². The Hall–Kier alpha value is -0.970. The molecule has 4 nitrogen and oxygen atoms in total. The minimum atomic E-state index is 0. The lowest BCUT2D eigenvalue weighted by Gasteiger charge is -2.19. The highest BCUT2D eigenvalue weighted by Gasteiger charge is 2.01. The van der Waals surface area contributed by atoms with Crippen molar-refractivity contribution in [3.63, 3.8) is 0 Å². The molecule has 1 aromatic carbocycles. The molecule has 22 heavy (non-hydrogen) atoms. The van der Waals surface area contributed by atoms with Gasteiger partial charge in [0.1, 0.15) is 0 Å². The number of halogens is 2. The number of carbonyl (C=O) groups excluding carboxylic acids is 1. The van der Waals surface area contributed by atoms with Gasteiger partial charge >= 0.3 is 0 Å². The molecule has 0 saturated carbocycles. The van der Waals surface area contributed by atoms with E-state index in [2.05, 4.69) is 46.8 Å². The maximum absolute atomic E-state index is 11.5. The van der Waals surface area contributed by atoms with Gasteiger partial charge in [-0.05, 0) is 45.0 Å². The summed E-state index contributed by atoms with van der Waals surface area (Å²) in [6.45, 7) is 2.69. The van der Waals surface area contributed by atoms with Crippen molar-refractivity contribution in [2.75, 3.05) is 38.6 Å². The summed E-state index contributed by atoms with van der Waals surface area (Å²) in [6.07, 6.45) is 3.63. The van der Waals surface area contributed by atoms with E-state index in [0.717, 1.165) is 38.9 Å². The normalized spacial score (nSPS) is 9.36. The van der Waals surface area contributed by atoms with E-state index in [-0.39, 0.29) is 30.7 Å². The van der Waals surface area contributed by atoms with Crippen molar-refractivity contribution < 1.29 is 4.79 Å². The number of benzene rings is 1. The molecule has 2 N–H and O–H groups in total. The zero-order chi connectivity index (χ0) is 14.6. The first-order valence-corrected chi connectivity index (χ1v) is 7.41. The predicted octanol–water partition coefficient (Wildman–Crippen LogP) is 2.86. The second-order valence-corrected chi connectivity index (χ2v) is 5.02. The summed E-state index contributed by atoms with van der Waals surface area (Å²) in [6, 6.07) is 10.4. The third-order valence-corrected chi connectivity index (χ3v) is 3.27. The Morgan fingerprint density at radius 2 is 1.73 bits per heavy atom. The van der Waals surface area contributed by atoms with E-state index < -0.39 is 0 Å². The number of hydrogen-bond donors (Lipinski definition) is 2. The van der Waals surface area contributed by atoms with E-state index in [1.165, 1.54) is 5.69 Å². The van der Waals surface area contributed by atoms with E-state index in [1.807, 2.05) is 13.1 Å². The largest absolute Gasteiger partial charge is 0.375 e. The first kappa shape index (κ1) is 23.3. The van der Waals surface area contributed by atoms with Gasteiger partial charge < -0.3 is 15.5 Å². The number of amides is 1. The number of para-hydroxylation sites is 1. The van der Waals surface area contributed by atoms with Crippen LogP contribution in [0, 0.1) is 0 Å². The van der Waals surface area contributed by atoms with Gasteiger partial charge in [-0.15, -0.1) is 24.8 Å². The van der Waals surface area contributed by atoms with Crippen molar-refractivity contribution in [3.8, 4) is 0 Å². The smallest absolute Gasteiger partial charge is 0.220 e. The molecule has 0 radical (unpaired) electrons. The van der Waals surface area contributed by atoms with E-state index in [1.54, 1.807) is 0 Å². The third-order valence-electron chi connectivity index (χ3n) is 3.27. The van der Waals surface area contributed by atoms with E-state index in [0.29, 0.717) is 6.42 Å². The zero-order valence-electron chi connectivity index (χ0n) is 13.5. The quantitative estimate of drug-likeness (QED) is 0.638. The van der Waals surface area contributed by atoms with Crippen molar-refractivity contribution in [3.05, 3.63) is 30.3 Å². The van der Waals surface area contributed by atoms with Gasteiger partial charge in [0.05, 0.1) is 0 Å². The Kier molecular flexibility index (Phi) is 15.8. The summed E-state index contributed by atoms with van der Waals surface area (Å²) >= 11 is 0. The summed E-state index contributed by atoms with van der Waals surface area (Å²) < 4.78 is 0. The molecule has 0 saturated heterocycles. The Labute approximate surface area is 146 Å². The molecule has 0 spiro atoms. The molecular formula is C16H29Cl2N3O. The lowest BCUT2D eigenvalue weighted by molar-refractivity contribution is -0.121. The third kappa shape index (κ3) is 10.7. The number of unbranched alkanes of at least 4 members (excludes halogenated alkanes) is 1. The number of anilines is 1. The Bertz CT molecular complexity index is 377. The summed E-state index contributed by atoms with van der Waals surface area (Å²) in [5, 5.41) is 6.01. The van der Waals surface area contributed by atoms with Crippen LogP contribution < -0.4 is 15.5 Å². The summed E-state index contributed by atoms with van der Waals surface area (Å²) in [7, 11) is 4.01. The van der Waals surface area contributed by atoms with Crippen molar-refractivity contribution in [1.29, 1.82) is 0 Å². The number of carbonyl (C=O) groups is 1. The highest BCUT2D eigenvalue weighted by atomic mass is 35.5. The van der Waals surface area contributed by atoms with Crippen LogP contribution in [-0.2, 0) is 4.79 Å². The Balaban J connectivity index is 0. The maximum atomic E-state index is 11.5. The minimum Gasteiger partial charge on any atom is -0.375 e. The second-order valence-electron chi connectivity index (χ2n) is 5.02. The molecule has 0 aromatic heterocycles. The Morgan fingerprint density at radius 3 is 2.36 bits per heavy atom. The molecule has 6 heteroatoms. The molecule has 0 heterocycles. The van der Waals surface area contributed by atoms with Gasteiger partial charge in [-0.1, -0.05) is 18.2 Å². The lowest BCUT2D eigenvalue weighted by atomic mass is 10.2. The molecule has 0 aliphatic heterocycles. The molecule has 0 unspecified atom stereocenters. The van der Waals surface area contributed by atoms with Crippen LogP contribution in [0.4, 0.5) is 5.69 Å². The van der Waals surface area contributed by atoms with Gasteiger partial charge in [0, 0.05) is 32.2 Å². The molecule has 1 aromatic rings. The number of rotatable bonds is 10. The first-order chi connectivity index (χ1) is 9.74. The van der Waals surface area contributed by atoms with Crippen LogP contribution in [0.25, 0.3) is 0 Å². The van der Waals surface area contributed by atoms with Crippen LogP contribution >= 0.6 is 24.8 Å². The maximum Gasteiger partial charge on any atom is 0.220 e. The number of hydrogen-bond acceptors (Lipinski definition) is 3. The molecule has 0 bridgehead atoms. The molecular weight excluding hydrogens is 321 g/mol. The van der Waals surface area contributed by atoms with E-state index in [4.69, 9.17) is 0 Å². The van der Waals surface area contributed by atoms with Gasteiger partial charge in [0.15, 0.2) is 0 Å². The monoisotopic (exact) mass is 349 g/mol. The van der Waals surface area contributed by atoms with E-state index >= 15 is 0 Å². The predicted molar refractivity (Wildman–Crippen MR) is 99.6 cm³/mol. The summed E-state index contributed by atoms with van der Waals surface area (Å²) in [5.41, 5.74) is 1.24. The van der Waals surface area contributed by atoms with Gasteiger partial charge in [-0.25, -0.2) is 0 Å². The number of nitrogens with zero attached hydrogens (tertiary/aromatic N) is 1. The van der Waals surface area contributed by atoms with Gasteiger partial charge in [-0.3, -0.25) is 4.79 Å². The van der Waals surface area contributed by atoms with Crippen LogP contribution in [0.1, 0.15) is 25.7 Å². The molecule has 0 aliphatic carbocycles. The molecule has 0 atom stereocenters. The lowest BCUT2D eigenvalue weighted by Crippen LogP contribution is -2.26. The van der Waals surface area contributed by atoms with Crippen LogP contribution in [0.15, 0.2) is 30.3 Å². The molecule has 0 fully saturated rings. The number of nitrogens with one attached hydrogen (secondary N) is 2. The molecule has 1 rings (SSSR count). The fourth-order valence-corrected chi connectivity index (χ4v) is 2.03. The van der Waals surface area contributed by atoms with Crippen molar-refractivity contribution >= 4 is 36.4 Å². The van der Waals surface area contributed by atoms with Crippen molar-refractivity contribution in [1.82, 2.24) is 10.6 Å². The SMILES string of the molecule is CNCCCC(=O)NCCCCN(C)c1ccccc1.Cl.Cl. The second kappa shape index (κ2) is 14.9. The summed E-state index contributed by atoms with van der Waals surface area (Å²) in [4.78, 5) is 13.7. The van der Waals surface area contributed by atoms with Gasteiger partial charge in [0.2, 0.25) is 5.91 Å². The fraction of sp³-hybridized carbons (Fsp3) is 0.562. The van der Waals surface area contributed by atoms with Crippen molar-refractivity contribution in [2.45, 2.75) is 25.7 Å². The topological polar surface area (TPSA) is 44.4 Å². The summed E-state index contributed by atoms with van der Waals surface area (Å²) in [5.74, 6) is 0.164. The first-order valence-electron chi connectivity index (χ1n) is 7.41. The van der Waals surface area contributed by atoms with Gasteiger partial charge in [-0.2, -0.15) is 0 Å². The molecule has 128 valence electrons. The standard InChI is InChI=1S/C16H27N3O.2ClH/c1-17-12-8-11-16(20)18-13-6-7-14-19(2)15-9-4-3-5-10-15;;/h3-5,9-10,17H,6-8,11-14H2,1-2H3,(H,18,20);2*1H. The molecule has 0 aliphatic rings. The zero-order valence-corrected chi connectivity index (χ0v) is 15.1. The minimum absolute atomic E-state index is 0. The highest BCUT2D eigenvalue weighted by Crippen LogP contribution is 2.11. The fourth-order valence-electron chi connectivity index (χ4n) is 2.03. The van der Waals surface area contributed by atoms with Crippen LogP contribution in [-0.4, -0.2) is 39.6 Å². The van der Waals surface area contributed by atoms with Gasteiger partial charge in [0.25, 0.3) is 0 Å². The average molecular weight is 350 g/mol. The van der Waals surface area contributed by atoms with Crippen LogP contribution in [0.3, 0.4) is 0 Å². The average Bonchev–Trinajstić information content (AvgIpc) is 2.48. The molecule has 1 amide bonds. The Morgan fingerprint density at radius 1 is 1.05 bits per heavy atom. The van der Waals surface area contributed by atoms with Crippen LogP contribution in [0.2, 0.25) is 0 Å². The van der Waals surface area contributed by atoms with E-state index in [9.17, 15) is 4.79 Å². The highest BCUT2D eigenvalue weighted by molar-refractivity contribution is 5.85.